The quantitative estimate of drug-likeness (QED) is 0.436. The average Bonchev–Trinajstić information content (AvgIpc) is 3.25. The Labute approximate surface area is 214 Å². The van der Waals surface area contributed by atoms with E-state index < -0.39 is 23.6 Å². The van der Waals surface area contributed by atoms with E-state index in [0.717, 1.165) is 44.7 Å². The summed E-state index contributed by atoms with van der Waals surface area (Å²) in [5.74, 6) is -2.12. The van der Waals surface area contributed by atoms with Crippen LogP contribution >= 0.6 is 48.0 Å². The molecular formula is C22H16N4O4S4. The molecule has 0 atom stereocenters. The van der Waals surface area contributed by atoms with Crippen molar-refractivity contribution in [3.05, 3.63) is 81.6 Å². The number of benzene rings is 2. The Balaban J connectivity index is 1.43. The first-order valence-corrected chi connectivity index (χ1v) is 12.3. The molecule has 8 nitrogen and oxygen atoms in total. The molecule has 4 rings (SSSR count). The van der Waals surface area contributed by atoms with Gasteiger partial charge in [-0.25, -0.2) is 0 Å². The smallest absolute Gasteiger partial charge is 0.273 e. The van der Waals surface area contributed by atoms with Crippen molar-refractivity contribution in [2.75, 3.05) is 0 Å². The zero-order chi connectivity index (χ0) is 24.2. The molecule has 0 aromatic heterocycles. The largest absolute Gasteiger partial charge is 0.286 e. The van der Waals surface area contributed by atoms with Crippen molar-refractivity contribution in [3.8, 4) is 0 Å². The lowest BCUT2D eigenvalue weighted by molar-refractivity contribution is -0.133. The minimum Gasteiger partial charge on any atom is -0.273 e. The zero-order valence-electron chi connectivity index (χ0n) is 17.3. The number of hydrazine groups is 2. The number of nitrogens with zero attached hydrogens (tertiary/aromatic N) is 2. The average molecular weight is 529 g/mol. The van der Waals surface area contributed by atoms with Crippen molar-refractivity contribution in [1.29, 1.82) is 0 Å². The second kappa shape index (κ2) is 10.5. The van der Waals surface area contributed by atoms with E-state index in [-0.39, 0.29) is 31.3 Å². The van der Waals surface area contributed by atoms with Gasteiger partial charge < -0.3 is 0 Å². The van der Waals surface area contributed by atoms with Gasteiger partial charge in [-0.2, -0.15) is 10.0 Å². The fraction of sp³-hybridized carbons (Fsp3) is 0.0909. The van der Waals surface area contributed by atoms with Crippen LogP contribution in [0.5, 0.6) is 0 Å². The van der Waals surface area contributed by atoms with Crippen LogP contribution in [0, 0.1) is 0 Å². The van der Waals surface area contributed by atoms with Gasteiger partial charge in [0, 0.05) is 0 Å². The van der Waals surface area contributed by atoms with E-state index in [1.165, 1.54) is 0 Å². The fourth-order valence-electron chi connectivity index (χ4n) is 3.09. The van der Waals surface area contributed by atoms with E-state index in [1.807, 2.05) is 36.4 Å². The normalized spacial score (nSPS) is 18.0. The third kappa shape index (κ3) is 5.36. The maximum absolute atomic E-state index is 12.9. The minimum absolute atomic E-state index is 0.0437. The van der Waals surface area contributed by atoms with E-state index >= 15 is 0 Å². The van der Waals surface area contributed by atoms with Crippen LogP contribution < -0.4 is 10.9 Å². The summed E-state index contributed by atoms with van der Waals surface area (Å²) in [6.45, 7) is 0. The molecule has 2 N–H and O–H groups in total. The van der Waals surface area contributed by atoms with Gasteiger partial charge in [-0.05, 0) is 35.6 Å². The van der Waals surface area contributed by atoms with Crippen LogP contribution in [0.1, 0.15) is 11.1 Å². The molecule has 12 heteroatoms. The first-order chi connectivity index (χ1) is 16.3. The molecule has 4 amide bonds. The van der Waals surface area contributed by atoms with Crippen LogP contribution in [0.2, 0.25) is 0 Å². The van der Waals surface area contributed by atoms with E-state index in [1.54, 1.807) is 24.3 Å². The van der Waals surface area contributed by atoms with Crippen molar-refractivity contribution in [2.24, 2.45) is 0 Å². The van der Waals surface area contributed by atoms with Gasteiger partial charge in [0.1, 0.15) is 9.81 Å². The molecule has 0 bridgehead atoms. The second-order valence-electron chi connectivity index (χ2n) is 7.07. The summed E-state index contributed by atoms with van der Waals surface area (Å²) in [5.41, 5.74) is 6.53. The molecular weight excluding hydrogens is 513 g/mol. The summed E-state index contributed by atoms with van der Waals surface area (Å²) >= 11 is 12.2. The number of carbonyl (C=O) groups excluding carboxylic acids is 4. The number of hydrogen-bond donors (Lipinski definition) is 2. The predicted octanol–water partition coefficient (Wildman–Crippen LogP) is 2.47. The summed E-state index contributed by atoms with van der Waals surface area (Å²) in [7, 11) is 0. The molecule has 2 aliphatic rings. The predicted molar refractivity (Wildman–Crippen MR) is 138 cm³/mol. The SMILES string of the molecule is O=C(Cc1ccccc1)NN1C(=O)/C(=C2\SC(=S)N(NC(=O)Cc3ccccc3)C2=O)SC1=S. The molecule has 0 spiro atoms. The van der Waals surface area contributed by atoms with Gasteiger partial charge in [-0.1, -0.05) is 84.2 Å². The van der Waals surface area contributed by atoms with E-state index in [0.29, 0.717) is 0 Å². The first-order valence-electron chi connectivity index (χ1n) is 9.87. The molecule has 0 radical (unpaired) electrons. The zero-order valence-corrected chi connectivity index (χ0v) is 20.6. The molecule has 0 saturated carbocycles. The van der Waals surface area contributed by atoms with E-state index in [4.69, 9.17) is 24.4 Å². The number of nitrogens with one attached hydrogen (secondary N) is 2. The highest BCUT2D eigenvalue weighted by atomic mass is 32.2. The molecule has 2 heterocycles. The molecule has 2 fully saturated rings. The Morgan fingerprint density at radius 1 is 0.676 bits per heavy atom. The fourth-order valence-corrected chi connectivity index (χ4v) is 5.61. The number of carbonyl (C=O) groups is 4. The summed E-state index contributed by atoms with van der Waals surface area (Å²) < 4.78 is 0.166. The lowest BCUT2D eigenvalue weighted by atomic mass is 10.1. The molecule has 0 aliphatic carbocycles. The third-order valence-corrected chi connectivity index (χ3v) is 7.51. The topological polar surface area (TPSA) is 98.8 Å². The van der Waals surface area contributed by atoms with Crippen molar-refractivity contribution in [2.45, 2.75) is 12.8 Å². The van der Waals surface area contributed by atoms with Crippen molar-refractivity contribution in [3.63, 3.8) is 0 Å². The second-order valence-corrected chi connectivity index (χ2v) is 10.4. The Hall–Kier alpha value is -3.06. The van der Waals surface area contributed by atoms with Gasteiger partial charge in [0.05, 0.1) is 12.8 Å². The Bertz CT molecular complexity index is 1140. The lowest BCUT2D eigenvalue weighted by Crippen LogP contribution is -2.46. The van der Waals surface area contributed by atoms with Crippen LogP contribution in [0.3, 0.4) is 0 Å². The number of thioether (sulfide) groups is 2. The van der Waals surface area contributed by atoms with Crippen LogP contribution in [-0.2, 0) is 32.0 Å². The van der Waals surface area contributed by atoms with Gasteiger partial charge in [0.15, 0.2) is 8.64 Å². The van der Waals surface area contributed by atoms with Gasteiger partial charge in [-0.3, -0.25) is 30.0 Å². The highest BCUT2D eigenvalue weighted by Crippen LogP contribution is 2.41. The van der Waals surface area contributed by atoms with E-state index in [2.05, 4.69) is 10.9 Å². The first kappa shape index (κ1) is 24.1. The highest BCUT2D eigenvalue weighted by Gasteiger charge is 2.43. The molecule has 0 unspecified atom stereocenters. The monoisotopic (exact) mass is 528 g/mol. The van der Waals surface area contributed by atoms with Gasteiger partial charge in [0.25, 0.3) is 11.8 Å². The van der Waals surface area contributed by atoms with Gasteiger partial charge >= 0.3 is 0 Å². The number of thiocarbonyl (C=S) groups is 2. The maximum Gasteiger partial charge on any atom is 0.286 e. The summed E-state index contributed by atoms with van der Waals surface area (Å²) in [6.07, 6.45) is 0.117. The van der Waals surface area contributed by atoms with Crippen LogP contribution in [0.4, 0.5) is 0 Å². The van der Waals surface area contributed by atoms with Gasteiger partial charge in [-0.15, -0.1) is 0 Å². The standard InChI is InChI=1S/C22H16N4O4S4/c27-15(11-13-7-3-1-4-8-13)23-25-19(29)17(33-21(25)31)18-20(30)26(22(32)34-18)24-16(28)12-14-9-5-2-6-10-14/h1-10H,11-12H2,(H,23,27)(H,24,28)/b18-17+. The number of rotatable bonds is 6. The Morgan fingerprint density at radius 2 is 1.03 bits per heavy atom. The van der Waals surface area contributed by atoms with Crippen LogP contribution in [0.15, 0.2) is 70.5 Å². The van der Waals surface area contributed by atoms with Crippen LogP contribution in [0.25, 0.3) is 0 Å². The van der Waals surface area contributed by atoms with E-state index in [9.17, 15) is 19.2 Å². The molecule has 172 valence electrons. The minimum atomic E-state index is -0.632. The molecule has 2 saturated heterocycles. The summed E-state index contributed by atoms with van der Waals surface area (Å²) in [4.78, 5) is 50.8. The Morgan fingerprint density at radius 3 is 1.38 bits per heavy atom. The summed E-state index contributed by atoms with van der Waals surface area (Å²) in [6, 6.07) is 18.1. The van der Waals surface area contributed by atoms with Crippen molar-refractivity contribution < 1.29 is 19.2 Å². The number of amides is 4. The number of hydrogen-bond acceptors (Lipinski definition) is 8. The molecule has 2 aromatic carbocycles. The molecule has 34 heavy (non-hydrogen) atoms. The van der Waals surface area contributed by atoms with Crippen LogP contribution in [-0.4, -0.2) is 42.3 Å². The van der Waals surface area contributed by atoms with Crippen molar-refractivity contribution in [1.82, 2.24) is 20.9 Å². The van der Waals surface area contributed by atoms with Crippen molar-refractivity contribution >= 4 is 80.2 Å². The lowest BCUT2D eigenvalue weighted by Gasteiger charge is -2.16. The maximum atomic E-state index is 12.9. The molecule has 2 aliphatic heterocycles. The Kier molecular flexibility index (Phi) is 7.41. The van der Waals surface area contributed by atoms with Gasteiger partial charge in [0.2, 0.25) is 11.8 Å². The highest BCUT2D eigenvalue weighted by molar-refractivity contribution is 8.29. The third-order valence-electron chi connectivity index (χ3n) is 4.63. The summed E-state index contributed by atoms with van der Waals surface area (Å²) in [5, 5.41) is 1.89. The molecule has 2 aromatic rings.